The molecule has 0 spiro atoms. The summed E-state index contributed by atoms with van der Waals surface area (Å²) in [5.41, 5.74) is 1.91. The number of nitrogens with zero attached hydrogens (tertiary/aromatic N) is 1. The number of ether oxygens (including phenoxy) is 4. The molecule has 6 rings (SSSR count). The average Bonchev–Trinajstić information content (AvgIpc) is 2.99. The van der Waals surface area contributed by atoms with Crippen LogP contribution in [0.15, 0.2) is 60.7 Å². The molecule has 3 aliphatic heterocycles. The molecular formula is C31H32ClN3O7. The quantitative estimate of drug-likeness (QED) is 0.476. The first-order chi connectivity index (χ1) is 20.3. The molecule has 10 nitrogen and oxygen atoms in total. The number of hydrogen-bond donors (Lipinski definition) is 2. The van der Waals surface area contributed by atoms with Gasteiger partial charge in [0.15, 0.2) is 13.2 Å². The minimum Gasteiger partial charge on any atom is -0.496 e. The van der Waals surface area contributed by atoms with Crippen molar-refractivity contribution in [1.29, 1.82) is 0 Å². The lowest BCUT2D eigenvalue weighted by atomic mass is 10.0. The van der Waals surface area contributed by atoms with E-state index in [0.717, 1.165) is 11.1 Å². The number of piperidine rings is 1. The van der Waals surface area contributed by atoms with Gasteiger partial charge in [-0.1, -0.05) is 17.7 Å². The minimum absolute atomic E-state index is 0.155. The molecule has 1 saturated heterocycles. The molecule has 0 unspecified atom stereocenters. The van der Waals surface area contributed by atoms with Crippen LogP contribution in [0.5, 0.6) is 23.0 Å². The van der Waals surface area contributed by atoms with Gasteiger partial charge in [0.2, 0.25) is 0 Å². The number of benzene rings is 3. The van der Waals surface area contributed by atoms with Crippen molar-refractivity contribution in [3.63, 3.8) is 0 Å². The molecule has 0 saturated carbocycles. The van der Waals surface area contributed by atoms with Crippen LogP contribution in [0.4, 0.5) is 0 Å². The second-order valence-electron chi connectivity index (χ2n) is 10.1. The number of aryl methyl sites for hydroxylation is 1. The van der Waals surface area contributed by atoms with Gasteiger partial charge in [-0.2, -0.15) is 0 Å². The van der Waals surface area contributed by atoms with Crippen molar-refractivity contribution >= 4 is 29.3 Å². The molecule has 220 valence electrons. The molecule has 3 heterocycles. The predicted molar refractivity (Wildman–Crippen MR) is 155 cm³/mol. The van der Waals surface area contributed by atoms with Crippen molar-refractivity contribution in [3.05, 3.63) is 82.4 Å². The maximum absolute atomic E-state index is 13.4. The lowest BCUT2D eigenvalue weighted by Gasteiger charge is -2.38. The van der Waals surface area contributed by atoms with Gasteiger partial charge in [0, 0.05) is 48.3 Å². The van der Waals surface area contributed by atoms with Crippen molar-refractivity contribution < 1.29 is 33.3 Å². The van der Waals surface area contributed by atoms with Gasteiger partial charge in [-0.25, -0.2) is 0 Å². The Hall–Kier alpha value is -4.44. The summed E-state index contributed by atoms with van der Waals surface area (Å²) in [5.74, 6) is 1.17. The van der Waals surface area contributed by atoms with Gasteiger partial charge in [0.1, 0.15) is 29.1 Å². The lowest BCUT2D eigenvalue weighted by molar-refractivity contribution is -0.135. The molecule has 2 atom stereocenters. The molecule has 0 radical (unpaired) electrons. The van der Waals surface area contributed by atoms with E-state index in [4.69, 9.17) is 30.5 Å². The fourth-order valence-corrected chi connectivity index (χ4v) is 4.99. The van der Waals surface area contributed by atoms with Gasteiger partial charge < -0.3 is 34.5 Å². The number of nitrogens with one attached hydrogen (secondary N) is 2. The van der Waals surface area contributed by atoms with E-state index in [9.17, 15) is 14.4 Å². The fraction of sp³-hybridized carbons (Fsp3) is 0.323. The van der Waals surface area contributed by atoms with Crippen molar-refractivity contribution in [2.75, 3.05) is 33.4 Å². The summed E-state index contributed by atoms with van der Waals surface area (Å²) in [5, 5.41) is 6.46. The standard InChI is InChI=1S/C31H32ClN3O7/c1-19-3-4-20-13-27(19)41-17-29(36)33-15-21-5-8-24(14-28(21)39-2)42-26-11-12-35(16-25(26)34-31(20)38)30(37)18-40-23-9-6-22(32)7-10-23/h3-10,13-14,25-26H,11-12,15-18H2,1-2H3,(H,33,36)(H,34,38)/t25-,26+/m0/s1. The van der Waals surface area contributed by atoms with Crippen LogP contribution in [-0.4, -0.2) is 68.2 Å². The minimum atomic E-state index is -0.527. The van der Waals surface area contributed by atoms with Crippen molar-refractivity contribution in [2.45, 2.75) is 32.0 Å². The first kappa shape index (κ1) is 29.1. The number of halogens is 1. The Morgan fingerprint density at radius 3 is 2.69 bits per heavy atom. The molecule has 42 heavy (non-hydrogen) atoms. The van der Waals surface area contributed by atoms with Crippen LogP contribution in [-0.2, 0) is 16.1 Å². The molecule has 0 aromatic heterocycles. The largest absolute Gasteiger partial charge is 0.496 e. The Morgan fingerprint density at radius 2 is 1.90 bits per heavy atom. The number of likely N-dealkylation sites (tertiary alicyclic amines) is 1. The summed E-state index contributed by atoms with van der Waals surface area (Å²) in [6.45, 7) is 2.36. The van der Waals surface area contributed by atoms with Gasteiger partial charge >= 0.3 is 0 Å². The zero-order valence-electron chi connectivity index (χ0n) is 23.4. The zero-order valence-corrected chi connectivity index (χ0v) is 24.1. The maximum atomic E-state index is 13.4. The van der Waals surface area contributed by atoms with Crippen LogP contribution in [0, 0.1) is 6.92 Å². The summed E-state index contributed by atoms with van der Waals surface area (Å²) in [7, 11) is 1.55. The van der Waals surface area contributed by atoms with Crippen LogP contribution < -0.4 is 29.6 Å². The van der Waals surface area contributed by atoms with Gasteiger partial charge in [0.25, 0.3) is 17.7 Å². The first-order valence-corrected chi connectivity index (χ1v) is 14.0. The van der Waals surface area contributed by atoms with E-state index in [0.29, 0.717) is 46.5 Å². The SMILES string of the molecule is COc1cc2ccc1CNC(=O)COc1cc(ccc1C)C(=O)N[C@H]1CN(C(=O)COc3ccc(Cl)cc3)CC[C@H]1O2. The van der Waals surface area contributed by atoms with Crippen LogP contribution in [0.3, 0.4) is 0 Å². The molecule has 2 N–H and O–H groups in total. The zero-order chi connectivity index (χ0) is 29.6. The van der Waals surface area contributed by atoms with E-state index >= 15 is 0 Å². The predicted octanol–water partition coefficient (Wildman–Crippen LogP) is 3.52. The molecule has 4 bridgehead atoms. The molecule has 3 aliphatic rings. The number of rotatable bonds is 4. The molecule has 3 aromatic carbocycles. The van der Waals surface area contributed by atoms with E-state index in [2.05, 4.69) is 10.6 Å². The highest BCUT2D eigenvalue weighted by Crippen LogP contribution is 2.28. The number of amides is 3. The number of hydrogen-bond acceptors (Lipinski definition) is 7. The Balaban J connectivity index is 1.39. The second kappa shape index (κ2) is 13.0. The third kappa shape index (κ3) is 7.06. The number of methoxy groups -OCH3 is 1. The van der Waals surface area contributed by atoms with Crippen LogP contribution >= 0.6 is 11.6 Å². The molecular weight excluding hydrogens is 562 g/mol. The summed E-state index contributed by atoms with van der Waals surface area (Å²) in [4.78, 5) is 40.7. The number of fused-ring (bicyclic) bond motifs is 7. The average molecular weight is 594 g/mol. The maximum Gasteiger partial charge on any atom is 0.260 e. The van der Waals surface area contributed by atoms with Gasteiger partial charge in [-0.05, 0) is 61.0 Å². The van der Waals surface area contributed by atoms with E-state index in [-0.39, 0.29) is 44.0 Å². The van der Waals surface area contributed by atoms with E-state index in [1.165, 1.54) is 0 Å². The van der Waals surface area contributed by atoms with E-state index in [1.807, 2.05) is 13.0 Å². The monoisotopic (exact) mass is 593 g/mol. The smallest absolute Gasteiger partial charge is 0.260 e. The number of carbonyl (C=O) groups excluding carboxylic acids is 3. The molecule has 0 aliphatic carbocycles. The third-order valence-electron chi connectivity index (χ3n) is 7.23. The molecule has 3 aromatic rings. The molecule has 3 amide bonds. The van der Waals surface area contributed by atoms with Crippen molar-refractivity contribution in [1.82, 2.24) is 15.5 Å². The Kier molecular flexibility index (Phi) is 9.02. The first-order valence-electron chi connectivity index (χ1n) is 13.6. The van der Waals surface area contributed by atoms with Gasteiger partial charge in [-0.15, -0.1) is 0 Å². The van der Waals surface area contributed by atoms with Crippen LogP contribution in [0.2, 0.25) is 5.02 Å². The lowest BCUT2D eigenvalue weighted by Crippen LogP contribution is -2.58. The van der Waals surface area contributed by atoms with E-state index in [1.54, 1.807) is 66.6 Å². The number of carbonyl (C=O) groups is 3. The third-order valence-corrected chi connectivity index (χ3v) is 7.48. The van der Waals surface area contributed by atoms with Crippen molar-refractivity contribution in [2.24, 2.45) is 0 Å². The summed E-state index contributed by atoms with van der Waals surface area (Å²) >= 11 is 5.93. The summed E-state index contributed by atoms with van der Waals surface area (Å²) in [6.07, 6.45) is 0.0438. The highest BCUT2D eigenvalue weighted by molar-refractivity contribution is 6.30. The Labute approximate surface area is 248 Å². The summed E-state index contributed by atoms with van der Waals surface area (Å²) in [6, 6.07) is 16.7. The molecule has 1 fully saturated rings. The van der Waals surface area contributed by atoms with Gasteiger partial charge in [0.05, 0.1) is 13.2 Å². The Morgan fingerprint density at radius 1 is 1.10 bits per heavy atom. The normalized spacial score (nSPS) is 18.9. The molecule has 11 heteroatoms. The van der Waals surface area contributed by atoms with Crippen molar-refractivity contribution in [3.8, 4) is 23.0 Å². The summed E-state index contributed by atoms with van der Waals surface area (Å²) < 4.78 is 23.3. The Bertz CT molecular complexity index is 1460. The highest BCUT2D eigenvalue weighted by Gasteiger charge is 2.35. The van der Waals surface area contributed by atoms with E-state index < -0.39 is 12.1 Å². The second-order valence-corrected chi connectivity index (χ2v) is 10.6. The van der Waals surface area contributed by atoms with Crippen LogP contribution in [0.1, 0.15) is 27.9 Å². The van der Waals surface area contributed by atoms with Gasteiger partial charge in [-0.3, -0.25) is 14.4 Å². The highest BCUT2D eigenvalue weighted by atomic mass is 35.5. The van der Waals surface area contributed by atoms with Crippen LogP contribution in [0.25, 0.3) is 0 Å². The topological polar surface area (TPSA) is 115 Å². The fourth-order valence-electron chi connectivity index (χ4n) is 4.86.